The Morgan fingerprint density at radius 1 is 1.55 bits per heavy atom. The van der Waals surface area contributed by atoms with Crippen LogP contribution in [0.15, 0.2) is 0 Å². The zero-order chi connectivity index (χ0) is 8.91. The quantitative estimate of drug-likeness (QED) is 0.632. The lowest BCUT2D eigenvalue weighted by atomic mass is 10.2. The fourth-order valence-electron chi connectivity index (χ4n) is 0.695. The minimum Gasteiger partial charge on any atom is -0.259 e. The second-order valence-corrected chi connectivity index (χ2v) is 5.84. The van der Waals surface area contributed by atoms with Crippen molar-refractivity contribution in [2.24, 2.45) is 0 Å². The van der Waals surface area contributed by atoms with Gasteiger partial charge in [-0.1, -0.05) is 13.3 Å². The smallest absolute Gasteiger partial charge is 0.259 e. The molecule has 1 atom stereocenters. The standard InChI is InChI=1S/C6H14O3S2/c1-4-5-6(2)9-11(7,8)10-3/h6H,4-5H2,1-3H3/t6-/m0/s1. The molecule has 0 fully saturated rings. The fourth-order valence-corrected chi connectivity index (χ4v) is 1.91. The Kier molecular flexibility index (Phi) is 5.12. The minimum absolute atomic E-state index is 0.197. The number of hydrogen-bond acceptors (Lipinski definition) is 4. The van der Waals surface area contributed by atoms with E-state index >= 15 is 0 Å². The molecule has 0 aromatic carbocycles. The molecular formula is C6H14O3S2. The average Bonchev–Trinajstić information content (AvgIpc) is 1.87. The fraction of sp³-hybridized carbons (Fsp3) is 1.00. The van der Waals surface area contributed by atoms with Crippen molar-refractivity contribution in [3.8, 4) is 0 Å². The zero-order valence-corrected chi connectivity index (χ0v) is 8.67. The van der Waals surface area contributed by atoms with Gasteiger partial charge in [-0.3, -0.25) is 4.18 Å². The van der Waals surface area contributed by atoms with E-state index in [1.54, 1.807) is 6.92 Å². The van der Waals surface area contributed by atoms with E-state index in [9.17, 15) is 8.42 Å². The molecule has 0 saturated carbocycles. The van der Waals surface area contributed by atoms with Gasteiger partial charge in [-0.15, -0.1) is 0 Å². The molecule has 0 spiro atoms. The van der Waals surface area contributed by atoms with Crippen molar-refractivity contribution >= 4 is 19.9 Å². The molecular weight excluding hydrogens is 184 g/mol. The molecule has 0 N–H and O–H groups in total. The summed E-state index contributed by atoms with van der Waals surface area (Å²) in [6.07, 6.45) is 3.01. The van der Waals surface area contributed by atoms with Crippen LogP contribution in [0, 0.1) is 0 Å². The Bertz CT molecular complexity index is 186. The van der Waals surface area contributed by atoms with Gasteiger partial charge in [-0.25, -0.2) is 0 Å². The first-order chi connectivity index (χ1) is 5.02. The van der Waals surface area contributed by atoms with Crippen LogP contribution in [0.1, 0.15) is 26.7 Å². The molecule has 0 aliphatic carbocycles. The first-order valence-electron chi connectivity index (χ1n) is 3.50. The van der Waals surface area contributed by atoms with Crippen LogP contribution in [0.4, 0.5) is 0 Å². The van der Waals surface area contributed by atoms with Crippen molar-refractivity contribution in [2.45, 2.75) is 32.8 Å². The summed E-state index contributed by atoms with van der Waals surface area (Å²) in [6.45, 7) is 3.75. The molecule has 0 aromatic heterocycles. The van der Waals surface area contributed by atoms with Crippen LogP contribution in [-0.2, 0) is 13.3 Å². The summed E-state index contributed by atoms with van der Waals surface area (Å²) in [5, 5.41) is 0. The van der Waals surface area contributed by atoms with Crippen molar-refractivity contribution in [3.63, 3.8) is 0 Å². The van der Waals surface area contributed by atoms with E-state index in [-0.39, 0.29) is 6.10 Å². The Labute approximate surface area is 72.0 Å². The second-order valence-electron chi connectivity index (χ2n) is 2.27. The molecule has 68 valence electrons. The van der Waals surface area contributed by atoms with Gasteiger partial charge in [-0.05, 0) is 30.4 Å². The van der Waals surface area contributed by atoms with Crippen LogP contribution in [0.3, 0.4) is 0 Å². The Morgan fingerprint density at radius 3 is 2.45 bits per heavy atom. The van der Waals surface area contributed by atoms with Crippen molar-refractivity contribution in [2.75, 3.05) is 6.26 Å². The molecule has 0 rings (SSSR count). The predicted molar refractivity (Wildman–Crippen MR) is 47.9 cm³/mol. The summed E-state index contributed by atoms with van der Waals surface area (Å²) < 4.78 is 26.4. The molecule has 0 saturated heterocycles. The molecule has 0 unspecified atom stereocenters. The van der Waals surface area contributed by atoms with Gasteiger partial charge in [0.05, 0.1) is 6.10 Å². The maximum Gasteiger partial charge on any atom is 0.322 e. The van der Waals surface area contributed by atoms with Crippen LogP contribution < -0.4 is 0 Å². The summed E-state index contributed by atoms with van der Waals surface area (Å²) in [5.74, 6) is 0. The Morgan fingerprint density at radius 2 is 2.09 bits per heavy atom. The minimum atomic E-state index is -3.32. The van der Waals surface area contributed by atoms with E-state index in [2.05, 4.69) is 0 Å². The summed E-state index contributed by atoms with van der Waals surface area (Å²) in [7, 11) is -2.59. The van der Waals surface area contributed by atoms with E-state index < -0.39 is 9.15 Å². The molecule has 11 heavy (non-hydrogen) atoms. The van der Waals surface area contributed by atoms with Crippen LogP contribution in [-0.4, -0.2) is 20.8 Å². The molecule has 0 aliphatic heterocycles. The molecule has 0 heterocycles. The first-order valence-corrected chi connectivity index (χ1v) is 6.65. The highest BCUT2D eigenvalue weighted by molar-refractivity contribution is 8.70. The first kappa shape index (κ1) is 11.3. The third-order valence-corrected chi connectivity index (χ3v) is 3.61. The van der Waals surface area contributed by atoms with Gasteiger partial charge in [0.25, 0.3) is 0 Å². The lowest BCUT2D eigenvalue weighted by Crippen LogP contribution is -2.11. The van der Waals surface area contributed by atoms with E-state index in [1.807, 2.05) is 6.92 Å². The van der Waals surface area contributed by atoms with Crippen molar-refractivity contribution in [3.05, 3.63) is 0 Å². The number of hydrogen-bond donors (Lipinski definition) is 0. The van der Waals surface area contributed by atoms with E-state index in [4.69, 9.17) is 4.18 Å². The second kappa shape index (κ2) is 5.00. The van der Waals surface area contributed by atoms with E-state index in [0.29, 0.717) is 0 Å². The van der Waals surface area contributed by atoms with Gasteiger partial charge >= 0.3 is 9.15 Å². The molecule has 0 bridgehead atoms. The van der Waals surface area contributed by atoms with Crippen LogP contribution in [0.25, 0.3) is 0 Å². The lowest BCUT2D eigenvalue weighted by Gasteiger charge is -2.09. The van der Waals surface area contributed by atoms with Gasteiger partial charge < -0.3 is 0 Å². The highest BCUT2D eigenvalue weighted by Crippen LogP contribution is 2.14. The summed E-state index contributed by atoms with van der Waals surface area (Å²) in [4.78, 5) is 0. The molecule has 0 radical (unpaired) electrons. The van der Waals surface area contributed by atoms with Crippen LogP contribution in [0.5, 0.6) is 0 Å². The average molecular weight is 198 g/mol. The molecule has 0 aromatic rings. The highest BCUT2D eigenvalue weighted by atomic mass is 33.1. The maximum atomic E-state index is 10.8. The molecule has 3 nitrogen and oxygen atoms in total. The zero-order valence-electron chi connectivity index (χ0n) is 7.03. The molecule has 5 heteroatoms. The van der Waals surface area contributed by atoms with Gasteiger partial charge in [-0.2, -0.15) is 8.42 Å². The predicted octanol–water partition coefficient (Wildman–Crippen LogP) is 1.80. The Hall–Kier alpha value is 0.260. The normalized spacial score (nSPS) is 14.8. The maximum absolute atomic E-state index is 10.8. The van der Waals surface area contributed by atoms with Crippen molar-refractivity contribution in [1.29, 1.82) is 0 Å². The topological polar surface area (TPSA) is 43.4 Å². The van der Waals surface area contributed by atoms with E-state index in [1.165, 1.54) is 6.26 Å². The van der Waals surface area contributed by atoms with Crippen molar-refractivity contribution in [1.82, 2.24) is 0 Å². The summed E-state index contributed by atoms with van der Waals surface area (Å²) in [6, 6.07) is 0. The van der Waals surface area contributed by atoms with E-state index in [0.717, 1.165) is 23.6 Å². The largest absolute Gasteiger partial charge is 0.322 e. The number of rotatable bonds is 5. The van der Waals surface area contributed by atoms with Crippen LogP contribution in [0.2, 0.25) is 0 Å². The van der Waals surface area contributed by atoms with Crippen LogP contribution >= 0.6 is 10.8 Å². The molecule has 0 amide bonds. The third-order valence-electron chi connectivity index (χ3n) is 1.18. The van der Waals surface area contributed by atoms with Gasteiger partial charge in [0.2, 0.25) is 0 Å². The van der Waals surface area contributed by atoms with Gasteiger partial charge in [0, 0.05) is 0 Å². The highest BCUT2D eigenvalue weighted by Gasteiger charge is 2.13. The van der Waals surface area contributed by atoms with Gasteiger partial charge in [0.1, 0.15) is 0 Å². The van der Waals surface area contributed by atoms with Crippen molar-refractivity contribution < 1.29 is 12.6 Å². The summed E-state index contributed by atoms with van der Waals surface area (Å²) in [5.41, 5.74) is 0. The SMILES string of the molecule is CCC[C@H](C)OS(=O)(=O)SC. The lowest BCUT2D eigenvalue weighted by molar-refractivity contribution is 0.224. The Balaban J connectivity index is 3.84. The monoisotopic (exact) mass is 198 g/mol. The summed E-state index contributed by atoms with van der Waals surface area (Å²) >= 11 is 0. The molecule has 0 aliphatic rings. The third kappa shape index (κ3) is 5.52. The van der Waals surface area contributed by atoms with Gasteiger partial charge in [0.15, 0.2) is 0 Å².